The van der Waals surface area contributed by atoms with Gasteiger partial charge in [-0.1, -0.05) is 59.8 Å². The van der Waals surface area contributed by atoms with Crippen LogP contribution in [0.3, 0.4) is 0 Å². The van der Waals surface area contributed by atoms with Gasteiger partial charge in [0.25, 0.3) is 5.91 Å². The molecule has 0 spiro atoms. The molecule has 2 saturated heterocycles. The van der Waals surface area contributed by atoms with Crippen LogP contribution in [0.1, 0.15) is 70.8 Å². The van der Waals surface area contributed by atoms with Crippen LogP contribution in [0.5, 0.6) is 0 Å². The highest BCUT2D eigenvalue weighted by Crippen LogP contribution is 2.35. The molecule has 0 radical (unpaired) electrons. The van der Waals surface area contributed by atoms with Crippen LogP contribution in [-0.2, 0) is 6.54 Å². The minimum absolute atomic E-state index is 0.0287. The molecule has 1 atom stereocenters. The van der Waals surface area contributed by atoms with Gasteiger partial charge in [0.2, 0.25) is 0 Å². The van der Waals surface area contributed by atoms with E-state index >= 15 is 0 Å². The van der Waals surface area contributed by atoms with Crippen molar-refractivity contribution in [2.75, 3.05) is 26.2 Å². The van der Waals surface area contributed by atoms with E-state index in [9.17, 15) is 9.18 Å². The molecule has 7 nitrogen and oxygen atoms in total. The average Bonchev–Trinajstić information content (AvgIpc) is 3.71. The number of hydrogen-bond donors (Lipinski definition) is 1. The van der Waals surface area contributed by atoms with Crippen molar-refractivity contribution in [2.24, 2.45) is 5.16 Å². The number of carbonyl (C=O) groups is 1. The normalized spacial score (nSPS) is 18.5. The summed E-state index contributed by atoms with van der Waals surface area (Å²) in [5, 5.41) is 17.0. The topological polar surface area (TPSA) is 74.0 Å². The molecule has 2 aliphatic rings. The quantitative estimate of drug-likeness (QED) is 0.164. The maximum Gasteiger partial charge on any atom is 0.257 e. The van der Waals surface area contributed by atoms with Crippen LogP contribution in [0.4, 0.5) is 4.39 Å². The third-order valence-corrected chi connectivity index (χ3v) is 8.76. The molecule has 8 heteroatoms. The molecule has 0 saturated carbocycles. The van der Waals surface area contributed by atoms with E-state index < -0.39 is 0 Å². The van der Waals surface area contributed by atoms with E-state index in [4.69, 9.17) is 5.21 Å². The number of benzene rings is 3. The van der Waals surface area contributed by atoms with E-state index in [-0.39, 0.29) is 17.6 Å². The van der Waals surface area contributed by atoms with Crippen LogP contribution in [-0.4, -0.2) is 62.6 Å². The zero-order valence-electron chi connectivity index (χ0n) is 23.9. The lowest BCUT2D eigenvalue weighted by Gasteiger charge is -2.33. The van der Waals surface area contributed by atoms with Crippen LogP contribution < -0.4 is 0 Å². The van der Waals surface area contributed by atoms with Crippen molar-refractivity contribution in [3.63, 3.8) is 0 Å². The summed E-state index contributed by atoms with van der Waals surface area (Å²) in [6, 6.07) is 24.9. The number of oxime groups is 1. The van der Waals surface area contributed by atoms with Gasteiger partial charge in [-0.2, -0.15) is 5.10 Å². The van der Waals surface area contributed by atoms with Gasteiger partial charge in [0, 0.05) is 31.5 Å². The van der Waals surface area contributed by atoms with Crippen molar-refractivity contribution < 1.29 is 14.4 Å². The highest BCUT2D eigenvalue weighted by molar-refractivity contribution is 5.98. The lowest BCUT2D eigenvalue weighted by molar-refractivity contribution is 0.0788. The molecule has 1 amide bonds. The minimum atomic E-state index is -0.298. The number of amides is 1. The molecule has 2 fully saturated rings. The largest absolute Gasteiger partial charge is 0.411 e. The van der Waals surface area contributed by atoms with Crippen molar-refractivity contribution in [3.8, 4) is 5.69 Å². The monoisotopic (exact) mass is 565 g/mol. The highest BCUT2D eigenvalue weighted by Gasteiger charge is 2.34. The zero-order chi connectivity index (χ0) is 29.1. The molecule has 0 aliphatic carbocycles. The SMILES string of the molecule is CC(=NO)c1ccc(CN2CCC(c3c(C(=O)N4CC[C@H](c5ccccc5)C4)cnn3-c3ccc(F)cc3)CC2)cc1. The van der Waals surface area contributed by atoms with Gasteiger partial charge in [0.15, 0.2) is 0 Å². The molecule has 6 rings (SSSR count). The van der Waals surface area contributed by atoms with Gasteiger partial charge in [-0.3, -0.25) is 9.69 Å². The summed E-state index contributed by atoms with van der Waals surface area (Å²) < 4.78 is 15.6. The number of nitrogens with zero attached hydrogens (tertiary/aromatic N) is 5. The van der Waals surface area contributed by atoms with Gasteiger partial charge in [-0.15, -0.1) is 0 Å². The lowest BCUT2D eigenvalue weighted by Crippen LogP contribution is -2.34. The van der Waals surface area contributed by atoms with Crippen LogP contribution in [0.25, 0.3) is 5.69 Å². The summed E-state index contributed by atoms with van der Waals surface area (Å²) in [4.78, 5) is 18.4. The Balaban J connectivity index is 1.20. The maximum atomic E-state index is 14.0. The molecule has 0 bridgehead atoms. The Bertz CT molecular complexity index is 1540. The first-order chi connectivity index (χ1) is 20.5. The first-order valence-electron chi connectivity index (χ1n) is 14.7. The molecule has 42 heavy (non-hydrogen) atoms. The van der Waals surface area contributed by atoms with Gasteiger partial charge < -0.3 is 10.1 Å². The Morgan fingerprint density at radius 1 is 0.929 bits per heavy atom. The number of rotatable bonds is 7. The van der Waals surface area contributed by atoms with E-state index in [0.717, 1.165) is 62.4 Å². The van der Waals surface area contributed by atoms with Crippen molar-refractivity contribution in [1.82, 2.24) is 19.6 Å². The molecule has 1 N–H and O–H groups in total. The van der Waals surface area contributed by atoms with E-state index in [0.29, 0.717) is 23.7 Å². The number of piperidine rings is 1. The van der Waals surface area contributed by atoms with E-state index in [1.54, 1.807) is 25.3 Å². The minimum Gasteiger partial charge on any atom is -0.411 e. The highest BCUT2D eigenvalue weighted by atomic mass is 19.1. The van der Waals surface area contributed by atoms with Crippen molar-refractivity contribution in [3.05, 3.63) is 119 Å². The van der Waals surface area contributed by atoms with E-state index in [2.05, 4.69) is 51.6 Å². The third-order valence-electron chi connectivity index (χ3n) is 8.76. The second-order valence-corrected chi connectivity index (χ2v) is 11.4. The van der Waals surface area contributed by atoms with Gasteiger partial charge >= 0.3 is 0 Å². The molecule has 1 aromatic heterocycles. The van der Waals surface area contributed by atoms with Crippen LogP contribution in [0, 0.1) is 5.82 Å². The van der Waals surface area contributed by atoms with Crippen molar-refractivity contribution >= 4 is 11.6 Å². The molecule has 3 heterocycles. The van der Waals surface area contributed by atoms with Gasteiger partial charge in [0.1, 0.15) is 5.82 Å². The number of carbonyl (C=O) groups excluding carboxylic acids is 1. The number of halogens is 1. The molecule has 216 valence electrons. The summed E-state index contributed by atoms with van der Waals surface area (Å²) in [5.41, 5.74) is 6.32. The third kappa shape index (κ3) is 5.85. The molecule has 2 aliphatic heterocycles. The van der Waals surface area contributed by atoms with Crippen molar-refractivity contribution in [1.29, 1.82) is 0 Å². The molecular formula is C34H36FN5O2. The number of aromatic nitrogens is 2. The summed E-state index contributed by atoms with van der Waals surface area (Å²) >= 11 is 0. The Morgan fingerprint density at radius 2 is 1.62 bits per heavy atom. The van der Waals surface area contributed by atoms with Gasteiger partial charge in [-0.05, 0) is 80.2 Å². The second-order valence-electron chi connectivity index (χ2n) is 11.4. The fraction of sp³-hybridized carbons (Fsp3) is 0.324. The Morgan fingerprint density at radius 3 is 2.31 bits per heavy atom. The summed E-state index contributed by atoms with van der Waals surface area (Å²) in [6.07, 6.45) is 4.45. The smallest absolute Gasteiger partial charge is 0.257 e. The van der Waals surface area contributed by atoms with E-state index in [1.165, 1.54) is 23.3 Å². The lowest BCUT2D eigenvalue weighted by atomic mass is 9.90. The molecule has 4 aromatic rings. The first kappa shape index (κ1) is 27.8. The fourth-order valence-electron chi connectivity index (χ4n) is 6.35. The van der Waals surface area contributed by atoms with Crippen LogP contribution >= 0.6 is 0 Å². The van der Waals surface area contributed by atoms with E-state index in [1.807, 2.05) is 27.8 Å². The number of hydrogen-bond acceptors (Lipinski definition) is 5. The zero-order valence-corrected chi connectivity index (χ0v) is 23.9. The standard InChI is InChI=1S/C34H36FN5O2/c1-24(37-42)26-9-7-25(8-10-26)22-38-18-15-28(16-19-38)33-32(21-36-40(33)31-13-11-30(35)12-14-31)34(41)39-20-17-29(23-39)27-5-3-2-4-6-27/h2-14,21,28-29,42H,15-20,22-23H2,1H3/t29-/m0/s1. The molecule has 3 aromatic carbocycles. The average molecular weight is 566 g/mol. The predicted molar refractivity (Wildman–Crippen MR) is 161 cm³/mol. The molecular weight excluding hydrogens is 529 g/mol. The van der Waals surface area contributed by atoms with Gasteiger partial charge in [0.05, 0.1) is 28.9 Å². The first-order valence-corrected chi connectivity index (χ1v) is 14.7. The second kappa shape index (κ2) is 12.3. The summed E-state index contributed by atoms with van der Waals surface area (Å²) in [7, 11) is 0. The molecule has 0 unspecified atom stereocenters. The predicted octanol–water partition coefficient (Wildman–Crippen LogP) is 6.22. The Labute approximate surface area is 245 Å². The Hall–Kier alpha value is -4.30. The van der Waals surface area contributed by atoms with Crippen LogP contribution in [0.2, 0.25) is 0 Å². The Kier molecular flexibility index (Phi) is 8.15. The van der Waals surface area contributed by atoms with Crippen LogP contribution in [0.15, 0.2) is 90.2 Å². The summed E-state index contributed by atoms with van der Waals surface area (Å²) in [6.45, 7) is 5.82. The summed E-state index contributed by atoms with van der Waals surface area (Å²) in [5.74, 6) is 0.225. The number of likely N-dealkylation sites (tertiary alicyclic amines) is 2. The maximum absolute atomic E-state index is 14.0. The van der Waals surface area contributed by atoms with Gasteiger partial charge in [-0.25, -0.2) is 9.07 Å². The fourth-order valence-corrected chi connectivity index (χ4v) is 6.35. The van der Waals surface area contributed by atoms with Crippen molar-refractivity contribution in [2.45, 2.75) is 44.6 Å².